The summed E-state index contributed by atoms with van der Waals surface area (Å²) >= 11 is 0. The van der Waals surface area contributed by atoms with Gasteiger partial charge >= 0.3 is 0 Å². The number of hydrogen-bond acceptors (Lipinski definition) is 4. The Morgan fingerprint density at radius 1 is 1.30 bits per heavy atom. The largest absolute Gasteiger partial charge is 0.294 e. The van der Waals surface area contributed by atoms with Crippen LogP contribution in [0.3, 0.4) is 0 Å². The first kappa shape index (κ1) is 8.32. The minimum absolute atomic E-state index is 0.0249. The van der Waals surface area contributed by atoms with Crippen molar-refractivity contribution in [3.63, 3.8) is 0 Å². The van der Waals surface area contributed by atoms with E-state index in [1.54, 1.807) is 6.07 Å². The molecule has 0 aliphatic rings. The van der Waals surface area contributed by atoms with Crippen molar-refractivity contribution in [2.75, 3.05) is 0 Å². The first-order valence-corrected chi connectivity index (χ1v) is 2.61. The van der Waals surface area contributed by atoms with Crippen molar-refractivity contribution >= 4 is 11.5 Å². The average molecular weight is 135 g/mol. The quantitative estimate of drug-likeness (QED) is 0.448. The number of nitrogens with one attached hydrogen (secondary N) is 1. The van der Waals surface area contributed by atoms with E-state index in [4.69, 9.17) is 15.9 Å². The topological polar surface area (TPSA) is 88.5 Å². The summed E-state index contributed by atoms with van der Waals surface area (Å²) in [4.78, 5) is 10.3. The Kier molecular flexibility index (Phi) is 3.51. The van der Waals surface area contributed by atoms with Crippen LogP contribution in [0.4, 0.5) is 0 Å². The molecular weight excluding hydrogens is 130 g/mol. The smallest absolute Gasteiger partial charge is 0.232 e. The summed E-state index contributed by atoms with van der Waals surface area (Å²) in [5, 5.41) is 22.8. The van der Waals surface area contributed by atoms with Crippen molar-refractivity contribution in [2.24, 2.45) is 0 Å². The van der Waals surface area contributed by atoms with Crippen LogP contribution in [0.25, 0.3) is 0 Å². The molecule has 0 aliphatic heterocycles. The maximum Gasteiger partial charge on any atom is 0.232 e. The lowest BCUT2D eigenvalue weighted by molar-refractivity contribution is -0.113. The van der Waals surface area contributed by atoms with Gasteiger partial charge in [-0.3, -0.25) is 10.2 Å². The van der Waals surface area contributed by atoms with Gasteiger partial charge in [0.25, 0.3) is 0 Å². The van der Waals surface area contributed by atoms with Crippen molar-refractivity contribution in [2.45, 2.75) is 12.8 Å². The van der Waals surface area contributed by atoms with Gasteiger partial charge in [0.05, 0.1) is 0 Å². The molecule has 50 valence electrons. The van der Waals surface area contributed by atoms with E-state index < -0.39 is 5.78 Å². The molecular formula is C6H5N3O. The molecule has 0 bridgehead atoms. The molecule has 0 heterocycles. The molecule has 0 unspecified atom stereocenters. The molecule has 0 saturated heterocycles. The van der Waals surface area contributed by atoms with E-state index in [1.165, 1.54) is 6.07 Å². The predicted molar refractivity (Wildman–Crippen MR) is 33.2 cm³/mol. The molecule has 1 N–H and O–H groups in total. The molecule has 0 atom stereocenters. The summed E-state index contributed by atoms with van der Waals surface area (Å²) < 4.78 is 0. The molecule has 0 saturated carbocycles. The first-order chi connectivity index (χ1) is 4.70. The number of nitrogens with zero attached hydrogens (tertiary/aromatic N) is 2. The van der Waals surface area contributed by atoms with Crippen LogP contribution in [0.5, 0.6) is 0 Å². The van der Waals surface area contributed by atoms with Crippen LogP contribution in [0.2, 0.25) is 0 Å². The zero-order valence-electron chi connectivity index (χ0n) is 5.22. The second kappa shape index (κ2) is 4.22. The van der Waals surface area contributed by atoms with Gasteiger partial charge in [0.15, 0.2) is 0 Å². The lowest BCUT2D eigenvalue weighted by Crippen LogP contribution is -1.98. The molecule has 0 amide bonds. The highest BCUT2D eigenvalue weighted by atomic mass is 16.1. The van der Waals surface area contributed by atoms with Crippen LogP contribution >= 0.6 is 0 Å². The lowest BCUT2D eigenvalue weighted by atomic mass is 10.2. The molecule has 0 spiro atoms. The van der Waals surface area contributed by atoms with E-state index in [9.17, 15) is 4.79 Å². The van der Waals surface area contributed by atoms with Gasteiger partial charge in [-0.15, -0.1) is 0 Å². The molecule has 10 heavy (non-hydrogen) atoms. The summed E-state index contributed by atoms with van der Waals surface area (Å²) in [7, 11) is 0. The number of hydrogen-bond donors (Lipinski definition) is 1. The fourth-order valence-electron chi connectivity index (χ4n) is 0.350. The first-order valence-electron chi connectivity index (χ1n) is 2.61. The van der Waals surface area contributed by atoms with Crippen molar-refractivity contribution in [3.05, 3.63) is 0 Å². The van der Waals surface area contributed by atoms with Crippen LogP contribution in [-0.2, 0) is 4.79 Å². The van der Waals surface area contributed by atoms with E-state index in [1.807, 2.05) is 0 Å². The predicted octanol–water partition coefficient (Wildman–Crippen LogP) is 0.403. The van der Waals surface area contributed by atoms with Crippen molar-refractivity contribution in [1.29, 1.82) is 15.9 Å². The molecule has 0 aromatic heterocycles. The number of Topliss-reactive ketones (excluding diaryl/α,β-unsaturated/α-hetero) is 1. The van der Waals surface area contributed by atoms with Crippen LogP contribution in [0, 0.1) is 28.1 Å². The van der Waals surface area contributed by atoms with Crippen molar-refractivity contribution in [1.82, 2.24) is 0 Å². The van der Waals surface area contributed by atoms with Gasteiger partial charge in [0.1, 0.15) is 17.9 Å². The molecule has 0 aromatic rings. The molecule has 0 radical (unpaired) electrons. The Hall–Kier alpha value is -1.68. The maximum absolute atomic E-state index is 10.3. The van der Waals surface area contributed by atoms with E-state index >= 15 is 0 Å². The molecule has 0 fully saturated rings. The van der Waals surface area contributed by atoms with Gasteiger partial charge in [0, 0.05) is 12.8 Å². The number of carbonyl (C=O) groups excluding carboxylic acids is 1. The zero-order valence-corrected chi connectivity index (χ0v) is 5.22. The summed E-state index contributed by atoms with van der Waals surface area (Å²) in [6.45, 7) is 0. The van der Waals surface area contributed by atoms with Gasteiger partial charge in [-0.1, -0.05) is 0 Å². The molecule has 0 rings (SSSR count). The van der Waals surface area contributed by atoms with Crippen LogP contribution in [-0.4, -0.2) is 11.5 Å². The monoisotopic (exact) mass is 135 g/mol. The van der Waals surface area contributed by atoms with Crippen LogP contribution < -0.4 is 0 Å². The van der Waals surface area contributed by atoms with Crippen molar-refractivity contribution in [3.8, 4) is 12.1 Å². The van der Waals surface area contributed by atoms with Gasteiger partial charge in [-0.25, -0.2) is 0 Å². The minimum Gasteiger partial charge on any atom is -0.294 e. The number of ketones is 1. The molecule has 4 nitrogen and oxygen atoms in total. The van der Waals surface area contributed by atoms with Crippen LogP contribution in [0.1, 0.15) is 12.8 Å². The maximum atomic E-state index is 10.3. The Morgan fingerprint density at radius 3 is 2.30 bits per heavy atom. The fraction of sp³-hybridized carbons (Fsp3) is 0.333. The zero-order chi connectivity index (χ0) is 7.98. The second-order valence-corrected chi connectivity index (χ2v) is 1.63. The molecule has 4 heteroatoms. The van der Waals surface area contributed by atoms with Crippen molar-refractivity contribution < 1.29 is 4.79 Å². The highest BCUT2D eigenvalue weighted by Gasteiger charge is 2.00. The third-order valence-electron chi connectivity index (χ3n) is 0.862. The van der Waals surface area contributed by atoms with Gasteiger partial charge in [-0.05, 0) is 0 Å². The number of rotatable bonds is 3. The molecule has 0 aromatic carbocycles. The Bertz CT molecular complexity index is 204. The van der Waals surface area contributed by atoms with Gasteiger partial charge < -0.3 is 0 Å². The third-order valence-corrected chi connectivity index (χ3v) is 0.862. The SMILES string of the molecule is N#CC(=N)CCC(=O)C#N. The van der Waals surface area contributed by atoms with E-state index in [0.29, 0.717) is 0 Å². The number of carbonyl (C=O) groups is 1. The highest BCUT2D eigenvalue weighted by molar-refractivity contribution is 6.00. The minimum atomic E-state index is -0.583. The van der Waals surface area contributed by atoms with Gasteiger partial charge in [-0.2, -0.15) is 10.5 Å². The standard InChI is InChI=1S/C6H5N3O/c7-3-5(9)1-2-6(10)4-8/h9H,1-2H2. The van der Waals surface area contributed by atoms with E-state index in [0.717, 1.165) is 0 Å². The Morgan fingerprint density at radius 2 is 1.90 bits per heavy atom. The van der Waals surface area contributed by atoms with Crippen LogP contribution in [0.15, 0.2) is 0 Å². The van der Waals surface area contributed by atoms with E-state index in [2.05, 4.69) is 0 Å². The second-order valence-electron chi connectivity index (χ2n) is 1.63. The summed E-state index contributed by atoms with van der Waals surface area (Å²) in [5.41, 5.74) is -0.163. The third kappa shape index (κ3) is 3.34. The normalized spacial score (nSPS) is 7.40. The fourth-order valence-corrected chi connectivity index (χ4v) is 0.350. The summed E-state index contributed by atoms with van der Waals surface area (Å²) in [5.74, 6) is -0.583. The Labute approximate surface area is 58.2 Å². The Balaban J connectivity index is 3.61. The molecule has 0 aliphatic carbocycles. The average Bonchev–Trinajstić information content (AvgIpc) is 1.99. The van der Waals surface area contributed by atoms with Gasteiger partial charge in [0.2, 0.25) is 5.78 Å². The highest BCUT2D eigenvalue weighted by Crippen LogP contribution is 1.90. The lowest BCUT2D eigenvalue weighted by Gasteiger charge is -1.86. The summed E-state index contributed by atoms with van der Waals surface area (Å²) in [6.07, 6.45) is 0.0474. The number of nitriles is 2. The summed E-state index contributed by atoms with van der Waals surface area (Å²) in [6, 6.07) is 2.97. The van der Waals surface area contributed by atoms with E-state index in [-0.39, 0.29) is 18.6 Å².